The minimum atomic E-state index is -3.61. The van der Waals surface area contributed by atoms with Crippen molar-refractivity contribution in [3.63, 3.8) is 0 Å². The van der Waals surface area contributed by atoms with E-state index in [0.29, 0.717) is 37.4 Å². The molecular weight excluding hydrogens is 619 g/mol. The second-order valence-corrected chi connectivity index (χ2v) is 15.9. The number of aromatic carboxylic acids is 1. The summed E-state index contributed by atoms with van der Waals surface area (Å²) in [6, 6.07) is 8.55. The van der Waals surface area contributed by atoms with Gasteiger partial charge in [0.1, 0.15) is 11.6 Å². The summed E-state index contributed by atoms with van der Waals surface area (Å²) in [5.41, 5.74) is 3.20. The quantitative estimate of drug-likeness (QED) is 0.319. The Morgan fingerprint density at radius 3 is 2.67 bits per heavy atom. The predicted octanol–water partition coefficient (Wildman–Crippen LogP) is 5.95. The number of methoxy groups -OCH3 is 1. The van der Waals surface area contributed by atoms with Crippen LogP contribution in [0, 0.1) is 29.5 Å². The van der Waals surface area contributed by atoms with Crippen LogP contribution in [-0.2, 0) is 26.6 Å². The number of sulfonamides is 1. The number of hydrogen-bond acceptors (Lipinski definition) is 6. The van der Waals surface area contributed by atoms with Crippen molar-refractivity contribution in [2.45, 2.75) is 69.1 Å². The van der Waals surface area contributed by atoms with Gasteiger partial charge >= 0.3 is 5.97 Å². The van der Waals surface area contributed by atoms with Gasteiger partial charge < -0.3 is 19.5 Å². The van der Waals surface area contributed by atoms with Gasteiger partial charge in [0.05, 0.1) is 34.2 Å². The zero-order valence-electron chi connectivity index (χ0n) is 26.0. The van der Waals surface area contributed by atoms with Crippen molar-refractivity contribution in [3.8, 4) is 5.75 Å². The number of carbonyl (C=O) groups is 1. The van der Waals surface area contributed by atoms with Crippen molar-refractivity contribution in [2.24, 2.45) is 28.8 Å². The van der Waals surface area contributed by atoms with Crippen molar-refractivity contribution in [2.75, 3.05) is 31.7 Å². The molecule has 1 fully saturated rings. The van der Waals surface area contributed by atoms with Crippen molar-refractivity contribution >= 4 is 33.3 Å². The van der Waals surface area contributed by atoms with E-state index in [-0.39, 0.29) is 46.2 Å². The second-order valence-electron chi connectivity index (χ2n) is 13.6. The van der Waals surface area contributed by atoms with E-state index in [9.17, 15) is 18.3 Å². The van der Waals surface area contributed by atoms with Crippen LogP contribution in [0.25, 0.3) is 0 Å². The number of halogens is 2. The Hall–Kier alpha value is -2.66. The molecule has 1 heterocycles. The fourth-order valence-corrected chi connectivity index (χ4v) is 9.07. The highest BCUT2D eigenvalue weighted by molar-refractivity contribution is 7.89. The Morgan fingerprint density at radius 1 is 1.27 bits per heavy atom. The third-order valence-corrected chi connectivity index (χ3v) is 12.9. The molecule has 0 amide bonds. The van der Waals surface area contributed by atoms with Crippen molar-refractivity contribution in [1.82, 2.24) is 0 Å². The first-order valence-corrected chi connectivity index (χ1v) is 17.8. The largest absolute Gasteiger partial charge is 0.490 e. The van der Waals surface area contributed by atoms with Gasteiger partial charge in [-0.05, 0) is 110 Å². The summed E-state index contributed by atoms with van der Waals surface area (Å²) in [6.45, 7) is 5.19. The summed E-state index contributed by atoms with van der Waals surface area (Å²) >= 11 is 6.19. The first-order chi connectivity index (χ1) is 21.3. The van der Waals surface area contributed by atoms with E-state index in [1.807, 2.05) is 13.0 Å². The van der Waals surface area contributed by atoms with Crippen LogP contribution in [0.5, 0.6) is 5.75 Å². The SMILES string of the molecule is CO[C@@H](C1=C[C@@H]([C@H](C)[C@@H](C)S(N)(=O)=O)C1)[C@@H]1CC[C@H]1CN1C[C@@]2(CCCc3c2ccc(Cl)c3F)COc2ccc(C(=O)O)cc21. The monoisotopic (exact) mass is 660 g/mol. The van der Waals surface area contributed by atoms with Gasteiger partial charge in [-0.2, -0.15) is 0 Å². The zero-order chi connectivity index (χ0) is 32.3. The van der Waals surface area contributed by atoms with Gasteiger partial charge in [0.25, 0.3) is 0 Å². The van der Waals surface area contributed by atoms with E-state index < -0.39 is 26.7 Å². The molecule has 0 radical (unpaired) electrons. The highest BCUT2D eigenvalue weighted by Gasteiger charge is 2.47. The standard InChI is InChI=1S/C34H42ClFN2O6S/c1-19(20(2)45(37,41)42)23-13-24(14-23)32(43-3)25-8-6-22(25)16-38-17-34(12-4-5-26-27(34)9-10-28(35)31(26)36)18-44-30-11-7-21(33(39)40)15-29(30)38/h7,9-11,13,15,19-20,22-23,25,32H,4-6,8,12,14,16-18H2,1-3H3,(H,39,40)(H2,37,41,42)/t19-,20-,22+,23-,25-,32+,34+/m1/s1. The Kier molecular flexibility index (Phi) is 8.73. The summed E-state index contributed by atoms with van der Waals surface area (Å²) in [4.78, 5) is 14.2. The molecule has 3 N–H and O–H groups in total. The van der Waals surface area contributed by atoms with Gasteiger partial charge in [0.2, 0.25) is 10.0 Å². The highest BCUT2D eigenvalue weighted by atomic mass is 35.5. The number of carboxylic acid groups (broad SMARTS) is 1. The number of primary sulfonamides is 1. The average molecular weight is 661 g/mol. The van der Waals surface area contributed by atoms with E-state index in [1.54, 1.807) is 38.3 Å². The Labute approximate surface area is 269 Å². The zero-order valence-corrected chi connectivity index (χ0v) is 27.5. The number of hydrogen-bond donors (Lipinski definition) is 2. The number of anilines is 1. The number of benzene rings is 2. The molecule has 8 nitrogen and oxygen atoms in total. The van der Waals surface area contributed by atoms with Crippen LogP contribution in [0.3, 0.4) is 0 Å². The van der Waals surface area contributed by atoms with Crippen LogP contribution in [-0.4, -0.2) is 57.7 Å². The Bertz CT molecular complexity index is 1630. The van der Waals surface area contributed by atoms with Crippen molar-refractivity contribution < 1.29 is 32.2 Å². The number of ether oxygens (including phenoxy) is 2. The lowest BCUT2D eigenvalue weighted by molar-refractivity contribution is -0.000489. The van der Waals surface area contributed by atoms with E-state index in [1.165, 1.54) is 5.57 Å². The molecule has 0 unspecified atom stereocenters. The van der Waals surface area contributed by atoms with Gasteiger partial charge in [-0.25, -0.2) is 22.7 Å². The fraction of sp³-hybridized carbons (Fsp3) is 0.559. The van der Waals surface area contributed by atoms with Crippen LogP contribution in [0.2, 0.25) is 5.02 Å². The molecule has 0 saturated heterocycles. The van der Waals surface area contributed by atoms with E-state index >= 15 is 4.39 Å². The van der Waals surface area contributed by atoms with Gasteiger partial charge in [-0.1, -0.05) is 30.7 Å². The lowest BCUT2D eigenvalue weighted by Gasteiger charge is -2.48. The summed E-state index contributed by atoms with van der Waals surface area (Å²) in [6.07, 6.45) is 7.09. The number of carboxylic acids is 1. The van der Waals surface area contributed by atoms with Crippen LogP contribution < -0.4 is 14.8 Å². The summed E-state index contributed by atoms with van der Waals surface area (Å²) in [7, 11) is -1.88. The maximum Gasteiger partial charge on any atom is 0.335 e. The lowest BCUT2D eigenvalue weighted by Crippen LogP contribution is -2.50. The molecule has 1 saturated carbocycles. The van der Waals surface area contributed by atoms with E-state index in [2.05, 4.69) is 11.0 Å². The van der Waals surface area contributed by atoms with Crippen molar-refractivity contribution in [3.05, 3.63) is 69.5 Å². The molecule has 0 bridgehead atoms. The molecular formula is C34H42ClFN2O6S. The number of nitrogens with two attached hydrogens (primary N) is 1. The summed E-state index contributed by atoms with van der Waals surface area (Å²) in [5, 5.41) is 14.7. The third-order valence-electron chi connectivity index (χ3n) is 11.2. The predicted molar refractivity (Wildman–Crippen MR) is 172 cm³/mol. The summed E-state index contributed by atoms with van der Waals surface area (Å²) in [5.74, 6) is -0.170. The topological polar surface area (TPSA) is 119 Å². The van der Waals surface area contributed by atoms with Crippen LogP contribution in [0.15, 0.2) is 42.0 Å². The fourth-order valence-electron chi connectivity index (χ4n) is 8.09. The smallest absolute Gasteiger partial charge is 0.335 e. The molecule has 3 aliphatic carbocycles. The number of rotatable bonds is 9. The first-order valence-electron chi connectivity index (χ1n) is 15.8. The molecule has 1 aliphatic heterocycles. The molecule has 11 heteroatoms. The molecule has 244 valence electrons. The summed E-state index contributed by atoms with van der Waals surface area (Å²) < 4.78 is 51.6. The first kappa shape index (κ1) is 32.3. The van der Waals surface area contributed by atoms with E-state index in [4.69, 9.17) is 26.2 Å². The Morgan fingerprint density at radius 2 is 2.02 bits per heavy atom. The normalized spacial score (nSPS) is 27.9. The van der Waals surface area contributed by atoms with Gasteiger partial charge in [-0.15, -0.1) is 0 Å². The number of fused-ring (bicyclic) bond motifs is 3. The highest BCUT2D eigenvalue weighted by Crippen LogP contribution is 2.49. The Balaban J connectivity index is 1.28. The molecule has 7 atom stereocenters. The molecule has 4 aliphatic rings. The number of nitrogens with zero attached hydrogens (tertiary/aromatic N) is 1. The molecule has 0 aromatic heterocycles. The van der Waals surface area contributed by atoms with Gasteiger partial charge in [-0.3, -0.25) is 0 Å². The second kappa shape index (κ2) is 12.2. The van der Waals surface area contributed by atoms with Crippen molar-refractivity contribution in [1.29, 1.82) is 0 Å². The van der Waals surface area contributed by atoms with E-state index in [0.717, 1.165) is 43.4 Å². The van der Waals surface area contributed by atoms with Crippen LogP contribution in [0.1, 0.15) is 67.4 Å². The maximum absolute atomic E-state index is 15.3. The maximum atomic E-state index is 15.3. The van der Waals surface area contributed by atoms with Crippen LogP contribution >= 0.6 is 11.6 Å². The lowest BCUT2D eigenvalue weighted by atomic mass is 9.64. The molecule has 2 aromatic rings. The molecule has 2 aromatic carbocycles. The molecule has 6 rings (SSSR count). The minimum Gasteiger partial charge on any atom is -0.490 e. The number of allylic oxidation sites excluding steroid dienone is 1. The van der Waals surface area contributed by atoms with Crippen LogP contribution in [0.4, 0.5) is 10.1 Å². The molecule has 45 heavy (non-hydrogen) atoms. The third kappa shape index (κ3) is 5.88. The average Bonchev–Trinajstić information content (AvgIpc) is 3.11. The molecule has 1 spiro atoms. The van der Waals surface area contributed by atoms with Gasteiger partial charge in [0, 0.05) is 25.6 Å². The minimum absolute atomic E-state index is 0.0781. The van der Waals surface area contributed by atoms with Gasteiger partial charge in [0.15, 0.2) is 0 Å².